The van der Waals surface area contributed by atoms with Crippen LogP contribution in [0.2, 0.25) is 0 Å². The molecule has 1 aliphatic rings. The first-order chi connectivity index (χ1) is 8.25. The number of fused-ring (bicyclic) bond motifs is 1. The second kappa shape index (κ2) is 3.77. The molecule has 0 aliphatic carbocycles. The minimum atomic E-state index is 0.883. The molecule has 2 aromatic rings. The van der Waals surface area contributed by atoms with Gasteiger partial charge in [-0.3, -0.25) is 4.98 Å². The van der Waals surface area contributed by atoms with E-state index >= 15 is 0 Å². The molecule has 1 aromatic heterocycles. The van der Waals surface area contributed by atoms with Crippen LogP contribution >= 0.6 is 0 Å². The quantitative estimate of drug-likeness (QED) is 0.758. The van der Waals surface area contributed by atoms with Crippen LogP contribution in [-0.4, -0.2) is 4.98 Å². The number of nitrogen functional groups attached to an aromatic ring is 1. The van der Waals surface area contributed by atoms with Gasteiger partial charge in [0.15, 0.2) is 0 Å². The van der Waals surface area contributed by atoms with Gasteiger partial charge in [0.25, 0.3) is 0 Å². The predicted octanol–water partition coefficient (Wildman–Crippen LogP) is 2.49. The van der Waals surface area contributed by atoms with E-state index in [0.717, 1.165) is 18.8 Å². The van der Waals surface area contributed by atoms with E-state index in [1.807, 2.05) is 30.6 Å². The maximum atomic E-state index is 6.01. The van der Waals surface area contributed by atoms with Gasteiger partial charge < -0.3 is 10.6 Å². The normalized spacial score (nSPS) is 13.8. The number of nitrogens with zero attached hydrogens (tertiary/aromatic N) is 2. The van der Waals surface area contributed by atoms with Crippen molar-refractivity contribution in [3.05, 3.63) is 53.3 Å². The van der Waals surface area contributed by atoms with Crippen LogP contribution in [0.1, 0.15) is 16.7 Å². The van der Waals surface area contributed by atoms with E-state index in [4.69, 9.17) is 5.73 Å². The van der Waals surface area contributed by atoms with Gasteiger partial charge >= 0.3 is 0 Å². The van der Waals surface area contributed by atoms with Gasteiger partial charge in [0.1, 0.15) is 0 Å². The Balaban J connectivity index is 1.97. The zero-order valence-electron chi connectivity index (χ0n) is 9.85. The van der Waals surface area contributed by atoms with Crippen LogP contribution in [0.15, 0.2) is 36.7 Å². The molecule has 17 heavy (non-hydrogen) atoms. The Morgan fingerprint density at radius 2 is 2.12 bits per heavy atom. The molecule has 2 heterocycles. The lowest BCUT2D eigenvalue weighted by Gasteiger charge is -2.19. The van der Waals surface area contributed by atoms with Gasteiger partial charge in [0.05, 0.1) is 11.9 Å². The Bertz CT molecular complexity index is 563. The fourth-order valence-corrected chi connectivity index (χ4v) is 2.40. The van der Waals surface area contributed by atoms with Crippen molar-refractivity contribution >= 4 is 11.4 Å². The first-order valence-corrected chi connectivity index (χ1v) is 5.77. The number of hydrogen-bond donors (Lipinski definition) is 1. The van der Waals surface area contributed by atoms with Gasteiger partial charge in [-0.25, -0.2) is 0 Å². The fourth-order valence-electron chi connectivity index (χ4n) is 2.40. The standard InChI is InChI=1S/C14H15N3/c1-10-5-6-16-7-14(10)17-8-11-3-2-4-13(15)12(11)9-17/h2-7H,8-9,15H2,1H3. The number of anilines is 2. The summed E-state index contributed by atoms with van der Waals surface area (Å²) >= 11 is 0. The van der Waals surface area contributed by atoms with Crippen molar-refractivity contribution in [2.75, 3.05) is 10.6 Å². The first-order valence-electron chi connectivity index (χ1n) is 5.77. The third-order valence-electron chi connectivity index (χ3n) is 3.37. The summed E-state index contributed by atoms with van der Waals surface area (Å²) in [5.74, 6) is 0. The van der Waals surface area contributed by atoms with Crippen molar-refractivity contribution in [1.29, 1.82) is 0 Å². The zero-order chi connectivity index (χ0) is 11.8. The zero-order valence-corrected chi connectivity index (χ0v) is 9.85. The minimum Gasteiger partial charge on any atom is -0.398 e. The summed E-state index contributed by atoms with van der Waals surface area (Å²) in [5.41, 5.74) is 11.9. The molecule has 1 aliphatic heterocycles. The third kappa shape index (κ3) is 1.64. The van der Waals surface area contributed by atoms with Gasteiger partial charge in [-0.15, -0.1) is 0 Å². The molecular formula is C14H15N3. The van der Waals surface area contributed by atoms with Gasteiger partial charge in [-0.05, 0) is 35.7 Å². The van der Waals surface area contributed by atoms with Crippen LogP contribution in [0.5, 0.6) is 0 Å². The average molecular weight is 225 g/mol. The molecule has 0 saturated heterocycles. The highest BCUT2D eigenvalue weighted by molar-refractivity contribution is 5.61. The van der Waals surface area contributed by atoms with Crippen LogP contribution in [0.3, 0.4) is 0 Å². The Labute approximate surface area is 101 Å². The van der Waals surface area contributed by atoms with Crippen molar-refractivity contribution < 1.29 is 0 Å². The number of rotatable bonds is 1. The SMILES string of the molecule is Cc1ccncc1N1Cc2cccc(N)c2C1. The highest BCUT2D eigenvalue weighted by Gasteiger charge is 2.21. The largest absolute Gasteiger partial charge is 0.398 e. The van der Waals surface area contributed by atoms with Crippen LogP contribution in [-0.2, 0) is 13.1 Å². The van der Waals surface area contributed by atoms with E-state index in [0.29, 0.717) is 0 Å². The Morgan fingerprint density at radius 1 is 1.24 bits per heavy atom. The third-order valence-corrected chi connectivity index (χ3v) is 3.37. The Kier molecular flexibility index (Phi) is 2.25. The second-order valence-electron chi connectivity index (χ2n) is 4.50. The molecule has 86 valence electrons. The van der Waals surface area contributed by atoms with Crippen molar-refractivity contribution in [1.82, 2.24) is 4.98 Å². The van der Waals surface area contributed by atoms with Crippen LogP contribution in [0.4, 0.5) is 11.4 Å². The number of pyridine rings is 1. The molecule has 1 aromatic carbocycles. The summed E-state index contributed by atoms with van der Waals surface area (Å²) in [6, 6.07) is 8.19. The number of aryl methyl sites for hydroxylation is 1. The number of hydrogen-bond acceptors (Lipinski definition) is 3. The van der Waals surface area contributed by atoms with Crippen LogP contribution in [0, 0.1) is 6.92 Å². The molecule has 0 unspecified atom stereocenters. The summed E-state index contributed by atoms with van der Waals surface area (Å²) in [7, 11) is 0. The summed E-state index contributed by atoms with van der Waals surface area (Å²) in [5, 5.41) is 0. The van der Waals surface area contributed by atoms with E-state index in [1.165, 1.54) is 22.4 Å². The molecule has 0 fully saturated rings. The topological polar surface area (TPSA) is 42.2 Å². The molecule has 3 rings (SSSR count). The van der Waals surface area contributed by atoms with E-state index in [-0.39, 0.29) is 0 Å². The summed E-state index contributed by atoms with van der Waals surface area (Å²) in [6.07, 6.45) is 3.76. The van der Waals surface area contributed by atoms with Crippen molar-refractivity contribution in [2.24, 2.45) is 0 Å². The smallest absolute Gasteiger partial charge is 0.0588 e. The molecule has 0 bridgehead atoms. The number of benzene rings is 1. The molecule has 0 spiro atoms. The van der Waals surface area contributed by atoms with Gasteiger partial charge in [0, 0.05) is 25.0 Å². The lowest BCUT2D eigenvalue weighted by molar-refractivity contribution is 0.870. The molecule has 0 amide bonds. The molecule has 3 heteroatoms. The highest BCUT2D eigenvalue weighted by atomic mass is 15.2. The number of nitrogens with two attached hydrogens (primary N) is 1. The molecule has 3 nitrogen and oxygen atoms in total. The monoisotopic (exact) mass is 225 g/mol. The molecule has 0 atom stereocenters. The molecule has 0 radical (unpaired) electrons. The van der Waals surface area contributed by atoms with E-state index in [1.54, 1.807) is 0 Å². The summed E-state index contributed by atoms with van der Waals surface area (Å²) < 4.78 is 0. The van der Waals surface area contributed by atoms with E-state index in [9.17, 15) is 0 Å². The maximum Gasteiger partial charge on any atom is 0.0588 e. The van der Waals surface area contributed by atoms with E-state index in [2.05, 4.69) is 22.9 Å². The first kappa shape index (κ1) is 10.1. The van der Waals surface area contributed by atoms with Gasteiger partial charge in [0.2, 0.25) is 0 Å². The Morgan fingerprint density at radius 3 is 2.88 bits per heavy atom. The highest BCUT2D eigenvalue weighted by Crippen LogP contribution is 2.32. The van der Waals surface area contributed by atoms with Crippen LogP contribution in [0.25, 0.3) is 0 Å². The average Bonchev–Trinajstić information content (AvgIpc) is 2.75. The number of aromatic nitrogens is 1. The molecule has 2 N–H and O–H groups in total. The summed E-state index contributed by atoms with van der Waals surface area (Å²) in [4.78, 5) is 6.53. The van der Waals surface area contributed by atoms with Gasteiger partial charge in [-0.2, -0.15) is 0 Å². The van der Waals surface area contributed by atoms with Crippen LogP contribution < -0.4 is 10.6 Å². The van der Waals surface area contributed by atoms with Crippen molar-refractivity contribution in [2.45, 2.75) is 20.0 Å². The second-order valence-corrected chi connectivity index (χ2v) is 4.50. The van der Waals surface area contributed by atoms with Crippen molar-refractivity contribution in [3.8, 4) is 0 Å². The predicted molar refractivity (Wildman–Crippen MR) is 69.7 cm³/mol. The van der Waals surface area contributed by atoms with E-state index < -0.39 is 0 Å². The summed E-state index contributed by atoms with van der Waals surface area (Å²) in [6.45, 7) is 3.92. The minimum absolute atomic E-state index is 0.883. The van der Waals surface area contributed by atoms with Crippen molar-refractivity contribution in [3.63, 3.8) is 0 Å². The molecular weight excluding hydrogens is 210 g/mol. The van der Waals surface area contributed by atoms with Gasteiger partial charge in [-0.1, -0.05) is 12.1 Å². The molecule has 0 saturated carbocycles. The lowest BCUT2D eigenvalue weighted by atomic mass is 10.1. The maximum absolute atomic E-state index is 6.01. The lowest BCUT2D eigenvalue weighted by Crippen LogP contribution is -2.16. The fraction of sp³-hybridized carbons (Fsp3) is 0.214. The Hall–Kier alpha value is -2.03.